The number of rotatable bonds is 8. The van der Waals surface area contributed by atoms with Gasteiger partial charge in [-0.1, -0.05) is 25.1 Å². The van der Waals surface area contributed by atoms with E-state index in [-0.39, 0.29) is 11.7 Å². The van der Waals surface area contributed by atoms with Crippen LogP contribution in [0.2, 0.25) is 0 Å². The number of carbonyl (C=O) groups excluding carboxylic acids is 1. The van der Waals surface area contributed by atoms with Gasteiger partial charge in [-0.05, 0) is 25.0 Å². The fourth-order valence-electron chi connectivity index (χ4n) is 1.81. The summed E-state index contributed by atoms with van der Waals surface area (Å²) in [6, 6.07) is 9.60. The van der Waals surface area contributed by atoms with Crippen molar-refractivity contribution >= 4 is 5.91 Å². The number of ether oxygens (including phenoxy) is 1. The highest BCUT2D eigenvalue weighted by Gasteiger charge is 2.11. The number of hydrogen-bond acceptors (Lipinski definition) is 4. The van der Waals surface area contributed by atoms with Crippen LogP contribution >= 0.6 is 0 Å². The van der Waals surface area contributed by atoms with Gasteiger partial charge in [0.2, 0.25) is 5.82 Å². The molecule has 112 valence electrons. The Kier molecular flexibility index (Phi) is 5.75. The maximum atomic E-state index is 11.8. The number of carbonyl (C=O) groups is 1. The van der Waals surface area contributed by atoms with Crippen molar-refractivity contribution in [3.63, 3.8) is 0 Å². The van der Waals surface area contributed by atoms with Crippen molar-refractivity contribution in [2.24, 2.45) is 0 Å². The van der Waals surface area contributed by atoms with Crippen LogP contribution in [0.3, 0.4) is 0 Å². The van der Waals surface area contributed by atoms with Crippen molar-refractivity contribution in [2.45, 2.75) is 26.2 Å². The highest BCUT2D eigenvalue weighted by atomic mass is 16.5. The maximum Gasteiger partial charge on any atom is 0.290 e. The van der Waals surface area contributed by atoms with Gasteiger partial charge >= 0.3 is 0 Å². The normalized spacial score (nSPS) is 10.3. The fraction of sp³-hybridized carbons (Fsp3) is 0.400. The smallest absolute Gasteiger partial charge is 0.290 e. The number of aromatic amines is 1. The van der Waals surface area contributed by atoms with E-state index >= 15 is 0 Å². The third-order valence-corrected chi connectivity index (χ3v) is 2.84. The molecular weight excluding hydrogens is 268 g/mol. The first-order valence-electron chi connectivity index (χ1n) is 7.17. The lowest BCUT2D eigenvalue weighted by Gasteiger charge is -2.06. The number of nitrogens with zero attached hydrogens (tertiary/aromatic N) is 2. The average molecular weight is 288 g/mol. The minimum absolute atomic E-state index is 0.197. The zero-order valence-electron chi connectivity index (χ0n) is 12.1. The van der Waals surface area contributed by atoms with Crippen LogP contribution in [0, 0.1) is 0 Å². The molecule has 0 saturated heterocycles. The Morgan fingerprint density at radius 1 is 1.33 bits per heavy atom. The quantitative estimate of drug-likeness (QED) is 0.728. The van der Waals surface area contributed by atoms with Crippen LogP contribution < -0.4 is 10.1 Å². The predicted molar refractivity (Wildman–Crippen MR) is 79.3 cm³/mol. The summed E-state index contributed by atoms with van der Waals surface area (Å²) in [6.45, 7) is 3.14. The molecular formula is C15H20N4O2. The fourth-order valence-corrected chi connectivity index (χ4v) is 1.81. The van der Waals surface area contributed by atoms with Crippen LogP contribution in [0.1, 0.15) is 36.2 Å². The molecule has 0 unspecified atom stereocenters. The first-order chi connectivity index (χ1) is 10.3. The van der Waals surface area contributed by atoms with Crippen molar-refractivity contribution < 1.29 is 9.53 Å². The number of hydrogen-bond donors (Lipinski definition) is 2. The molecule has 0 bridgehead atoms. The molecule has 0 radical (unpaired) electrons. The minimum atomic E-state index is -0.256. The van der Waals surface area contributed by atoms with Gasteiger partial charge in [-0.15, -0.1) is 5.10 Å². The second kappa shape index (κ2) is 8.04. The number of benzene rings is 1. The van der Waals surface area contributed by atoms with Crippen LogP contribution in [-0.2, 0) is 6.42 Å². The maximum absolute atomic E-state index is 11.8. The van der Waals surface area contributed by atoms with Gasteiger partial charge in [-0.25, -0.2) is 4.98 Å². The second-order valence-electron chi connectivity index (χ2n) is 4.63. The Morgan fingerprint density at radius 3 is 2.90 bits per heavy atom. The van der Waals surface area contributed by atoms with E-state index in [1.54, 1.807) is 0 Å². The van der Waals surface area contributed by atoms with E-state index in [0.29, 0.717) is 13.2 Å². The topological polar surface area (TPSA) is 79.9 Å². The van der Waals surface area contributed by atoms with E-state index < -0.39 is 0 Å². The molecule has 2 aromatic rings. The zero-order chi connectivity index (χ0) is 14.9. The molecule has 0 aliphatic rings. The molecule has 0 spiro atoms. The highest BCUT2D eigenvalue weighted by molar-refractivity contribution is 5.90. The Hall–Kier alpha value is -2.37. The van der Waals surface area contributed by atoms with Crippen molar-refractivity contribution in [2.75, 3.05) is 13.2 Å². The molecule has 6 heteroatoms. The van der Waals surface area contributed by atoms with Gasteiger partial charge in [-0.2, -0.15) is 0 Å². The van der Waals surface area contributed by atoms with E-state index in [1.165, 1.54) is 0 Å². The molecule has 1 aromatic carbocycles. The van der Waals surface area contributed by atoms with Crippen LogP contribution in [0.5, 0.6) is 5.75 Å². The summed E-state index contributed by atoms with van der Waals surface area (Å²) in [6.07, 6.45) is 2.49. The molecule has 1 aromatic heterocycles. The third kappa shape index (κ3) is 4.91. The molecule has 2 rings (SSSR count). The largest absolute Gasteiger partial charge is 0.494 e. The van der Waals surface area contributed by atoms with Gasteiger partial charge in [0.25, 0.3) is 5.91 Å². The molecule has 0 fully saturated rings. The summed E-state index contributed by atoms with van der Waals surface area (Å²) in [7, 11) is 0. The van der Waals surface area contributed by atoms with Crippen LogP contribution in [0.15, 0.2) is 30.3 Å². The van der Waals surface area contributed by atoms with Gasteiger partial charge in [-0.3, -0.25) is 9.89 Å². The van der Waals surface area contributed by atoms with Crippen molar-refractivity contribution in [1.29, 1.82) is 0 Å². The standard InChI is InChI=1S/C15H20N4O2/c1-2-7-13-17-14(19-18-13)15(20)16-10-6-11-21-12-8-4-3-5-9-12/h3-5,8-9H,2,6-7,10-11H2,1H3,(H,16,20)(H,17,18,19). The Labute approximate surface area is 123 Å². The molecule has 1 heterocycles. The molecule has 6 nitrogen and oxygen atoms in total. The molecule has 0 aliphatic heterocycles. The summed E-state index contributed by atoms with van der Waals surface area (Å²) in [5, 5.41) is 9.44. The predicted octanol–water partition coefficient (Wildman–Crippen LogP) is 1.96. The van der Waals surface area contributed by atoms with Crippen LogP contribution in [0.4, 0.5) is 0 Å². The summed E-state index contributed by atoms with van der Waals surface area (Å²) >= 11 is 0. The van der Waals surface area contributed by atoms with E-state index in [0.717, 1.165) is 30.8 Å². The number of aryl methyl sites for hydroxylation is 1. The lowest BCUT2D eigenvalue weighted by atomic mass is 10.3. The molecule has 2 N–H and O–H groups in total. The van der Waals surface area contributed by atoms with Gasteiger partial charge in [0, 0.05) is 13.0 Å². The second-order valence-corrected chi connectivity index (χ2v) is 4.63. The number of amides is 1. The van der Waals surface area contributed by atoms with Crippen LogP contribution in [0.25, 0.3) is 0 Å². The zero-order valence-corrected chi connectivity index (χ0v) is 12.1. The molecule has 0 aliphatic carbocycles. The minimum Gasteiger partial charge on any atom is -0.494 e. The first kappa shape index (κ1) is 15.0. The Balaban J connectivity index is 1.64. The van der Waals surface area contributed by atoms with Crippen molar-refractivity contribution in [3.8, 4) is 5.75 Å². The van der Waals surface area contributed by atoms with E-state index in [2.05, 4.69) is 27.4 Å². The van der Waals surface area contributed by atoms with Gasteiger partial charge in [0.05, 0.1) is 6.61 Å². The molecule has 0 saturated carbocycles. The molecule has 1 amide bonds. The molecule has 21 heavy (non-hydrogen) atoms. The molecule has 0 atom stereocenters. The van der Waals surface area contributed by atoms with Crippen LogP contribution in [-0.4, -0.2) is 34.2 Å². The van der Waals surface area contributed by atoms with Crippen molar-refractivity contribution in [1.82, 2.24) is 20.5 Å². The average Bonchev–Trinajstić information content (AvgIpc) is 2.97. The Morgan fingerprint density at radius 2 is 2.14 bits per heavy atom. The summed E-state index contributed by atoms with van der Waals surface area (Å²) in [4.78, 5) is 15.9. The SMILES string of the molecule is CCCc1nc(C(=O)NCCCOc2ccccc2)n[nH]1. The lowest BCUT2D eigenvalue weighted by molar-refractivity contribution is 0.0941. The third-order valence-electron chi connectivity index (χ3n) is 2.84. The number of para-hydroxylation sites is 1. The van der Waals surface area contributed by atoms with Crippen molar-refractivity contribution in [3.05, 3.63) is 42.0 Å². The van der Waals surface area contributed by atoms with Gasteiger partial charge in [0.1, 0.15) is 11.6 Å². The summed E-state index contributed by atoms with van der Waals surface area (Å²) in [5.74, 6) is 1.52. The van der Waals surface area contributed by atoms with Gasteiger partial charge < -0.3 is 10.1 Å². The Bertz CT molecular complexity index is 554. The summed E-state index contributed by atoms with van der Waals surface area (Å²) < 4.78 is 5.54. The number of nitrogens with one attached hydrogen (secondary N) is 2. The first-order valence-corrected chi connectivity index (χ1v) is 7.17. The van der Waals surface area contributed by atoms with E-state index in [4.69, 9.17) is 4.74 Å². The monoisotopic (exact) mass is 288 g/mol. The number of H-pyrrole nitrogens is 1. The summed E-state index contributed by atoms with van der Waals surface area (Å²) in [5.41, 5.74) is 0. The number of aromatic nitrogens is 3. The van der Waals surface area contributed by atoms with Gasteiger partial charge in [0.15, 0.2) is 0 Å². The lowest BCUT2D eigenvalue weighted by Crippen LogP contribution is -2.26. The van der Waals surface area contributed by atoms with E-state index in [9.17, 15) is 4.79 Å². The highest BCUT2D eigenvalue weighted by Crippen LogP contribution is 2.08. The van der Waals surface area contributed by atoms with E-state index in [1.807, 2.05) is 30.3 Å².